The molecule has 2 fully saturated rings. The summed E-state index contributed by atoms with van der Waals surface area (Å²) in [5.74, 6) is 0.460. The van der Waals surface area contributed by atoms with Gasteiger partial charge in [0.15, 0.2) is 0 Å². The molecular formula is C22H27N3O4S. The van der Waals surface area contributed by atoms with Gasteiger partial charge in [-0.3, -0.25) is 4.79 Å². The van der Waals surface area contributed by atoms with Crippen LogP contribution in [0.15, 0.2) is 47.4 Å². The van der Waals surface area contributed by atoms with Crippen LogP contribution in [-0.2, 0) is 10.0 Å². The molecule has 30 heavy (non-hydrogen) atoms. The van der Waals surface area contributed by atoms with Gasteiger partial charge in [0.1, 0.15) is 6.10 Å². The van der Waals surface area contributed by atoms with Crippen molar-refractivity contribution in [3.63, 3.8) is 0 Å². The Morgan fingerprint density at radius 2 is 1.77 bits per heavy atom. The summed E-state index contributed by atoms with van der Waals surface area (Å²) in [6, 6.07) is 11.9. The first-order valence-electron chi connectivity index (χ1n) is 10.4. The van der Waals surface area contributed by atoms with Crippen LogP contribution in [0.3, 0.4) is 0 Å². The van der Waals surface area contributed by atoms with Crippen LogP contribution in [0.25, 0.3) is 0 Å². The number of rotatable bonds is 5. The number of piperidine rings is 1. The van der Waals surface area contributed by atoms with E-state index in [1.807, 2.05) is 25.1 Å². The van der Waals surface area contributed by atoms with Crippen molar-refractivity contribution >= 4 is 15.9 Å². The van der Waals surface area contributed by atoms with Gasteiger partial charge in [-0.1, -0.05) is 12.5 Å². The highest BCUT2D eigenvalue weighted by molar-refractivity contribution is 7.89. The maximum absolute atomic E-state index is 12.9. The summed E-state index contributed by atoms with van der Waals surface area (Å²) in [5, 5.41) is 0. The van der Waals surface area contributed by atoms with Crippen LogP contribution in [0, 0.1) is 6.92 Å². The molecule has 2 aliphatic rings. The first kappa shape index (κ1) is 20.8. The Bertz CT molecular complexity index is 1000. The van der Waals surface area contributed by atoms with Gasteiger partial charge in [0.2, 0.25) is 15.9 Å². The molecule has 1 amide bonds. The van der Waals surface area contributed by atoms with E-state index >= 15 is 0 Å². The number of benzene rings is 1. The van der Waals surface area contributed by atoms with Gasteiger partial charge in [0.05, 0.1) is 11.4 Å². The molecule has 7 nitrogen and oxygen atoms in total. The van der Waals surface area contributed by atoms with Crippen molar-refractivity contribution in [1.29, 1.82) is 0 Å². The number of nitrogens with zero attached hydrogens (tertiary/aromatic N) is 3. The number of carbonyl (C=O) groups excluding carboxylic acids is 1. The molecule has 160 valence electrons. The van der Waals surface area contributed by atoms with Crippen molar-refractivity contribution in [3.8, 4) is 5.88 Å². The molecule has 8 heteroatoms. The van der Waals surface area contributed by atoms with Crippen LogP contribution in [-0.4, -0.2) is 60.8 Å². The van der Waals surface area contributed by atoms with Crippen LogP contribution in [0.1, 0.15) is 41.7 Å². The van der Waals surface area contributed by atoms with Crippen molar-refractivity contribution in [2.24, 2.45) is 0 Å². The lowest BCUT2D eigenvalue weighted by atomic mass is 10.2. The van der Waals surface area contributed by atoms with E-state index in [-0.39, 0.29) is 16.9 Å². The number of sulfonamides is 1. The van der Waals surface area contributed by atoms with Crippen molar-refractivity contribution in [3.05, 3.63) is 53.7 Å². The number of hydrogen-bond donors (Lipinski definition) is 0. The van der Waals surface area contributed by atoms with E-state index in [1.165, 1.54) is 16.4 Å². The summed E-state index contributed by atoms with van der Waals surface area (Å²) in [7, 11) is -3.49. The molecule has 0 saturated carbocycles. The second-order valence-electron chi connectivity index (χ2n) is 7.89. The van der Waals surface area contributed by atoms with Gasteiger partial charge in [0, 0.05) is 43.4 Å². The Hall–Kier alpha value is -2.45. The van der Waals surface area contributed by atoms with Gasteiger partial charge < -0.3 is 9.64 Å². The largest absolute Gasteiger partial charge is 0.472 e. The van der Waals surface area contributed by atoms with Crippen LogP contribution in [0.4, 0.5) is 0 Å². The first-order valence-corrected chi connectivity index (χ1v) is 11.9. The Balaban J connectivity index is 1.39. The summed E-state index contributed by atoms with van der Waals surface area (Å²) in [4.78, 5) is 19.2. The second kappa shape index (κ2) is 8.73. The van der Waals surface area contributed by atoms with Crippen molar-refractivity contribution in [1.82, 2.24) is 14.2 Å². The molecule has 1 atom stereocenters. The fourth-order valence-corrected chi connectivity index (χ4v) is 5.49. The summed E-state index contributed by atoms with van der Waals surface area (Å²) >= 11 is 0. The third kappa shape index (κ3) is 4.49. The van der Waals surface area contributed by atoms with Crippen LogP contribution < -0.4 is 4.74 Å². The van der Waals surface area contributed by atoms with Crippen LogP contribution in [0.5, 0.6) is 5.88 Å². The van der Waals surface area contributed by atoms with Gasteiger partial charge in [-0.2, -0.15) is 4.31 Å². The number of hydrogen-bond acceptors (Lipinski definition) is 5. The van der Waals surface area contributed by atoms with E-state index in [9.17, 15) is 13.2 Å². The third-order valence-corrected chi connectivity index (χ3v) is 7.55. The monoisotopic (exact) mass is 429 g/mol. The lowest BCUT2D eigenvalue weighted by molar-refractivity contribution is 0.0771. The molecule has 1 aromatic carbocycles. The zero-order valence-corrected chi connectivity index (χ0v) is 18.0. The first-order chi connectivity index (χ1) is 14.4. The topological polar surface area (TPSA) is 79.8 Å². The summed E-state index contributed by atoms with van der Waals surface area (Å²) in [6.45, 7) is 4.12. The molecule has 0 N–H and O–H groups in total. The average molecular weight is 430 g/mol. The highest BCUT2D eigenvalue weighted by Gasteiger charge is 2.30. The number of aryl methyl sites for hydroxylation is 1. The molecule has 3 heterocycles. The Morgan fingerprint density at radius 1 is 1.03 bits per heavy atom. The molecule has 0 aliphatic carbocycles. The molecule has 0 spiro atoms. The van der Waals surface area contributed by atoms with Crippen LogP contribution >= 0.6 is 0 Å². The minimum absolute atomic E-state index is 0.0954. The lowest BCUT2D eigenvalue weighted by Gasteiger charge is -2.26. The summed E-state index contributed by atoms with van der Waals surface area (Å²) < 4.78 is 33.0. The van der Waals surface area contributed by atoms with Gasteiger partial charge in [-0.25, -0.2) is 13.4 Å². The molecule has 0 bridgehead atoms. The molecule has 2 aliphatic heterocycles. The highest BCUT2D eigenvalue weighted by Crippen LogP contribution is 2.23. The number of ether oxygens (including phenoxy) is 1. The van der Waals surface area contributed by atoms with Gasteiger partial charge >= 0.3 is 0 Å². The lowest BCUT2D eigenvalue weighted by Crippen LogP contribution is -2.35. The fraction of sp³-hybridized carbons (Fsp3) is 0.455. The maximum atomic E-state index is 12.9. The molecule has 0 radical (unpaired) electrons. The van der Waals surface area contributed by atoms with Crippen molar-refractivity contribution in [2.75, 3.05) is 26.2 Å². The van der Waals surface area contributed by atoms with Gasteiger partial charge in [0.25, 0.3) is 5.91 Å². The van der Waals surface area contributed by atoms with E-state index in [4.69, 9.17) is 4.74 Å². The highest BCUT2D eigenvalue weighted by atomic mass is 32.2. The molecule has 2 aromatic rings. The van der Waals surface area contributed by atoms with Crippen LogP contribution in [0.2, 0.25) is 0 Å². The smallest absolute Gasteiger partial charge is 0.253 e. The number of amides is 1. The number of likely N-dealkylation sites (tertiary alicyclic amines) is 1. The minimum atomic E-state index is -3.49. The SMILES string of the molecule is Cc1cccc(OC2CCN(C(=O)c3ccc(S(=O)(=O)N4CCCCC4)cc3)C2)n1. The number of aromatic nitrogens is 1. The average Bonchev–Trinajstić information content (AvgIpc) is 3.22. The Kier molecular flexibility index (Phi) is 6.06. The standard InChI is InChI=1S/C22H27N3O4S/c1-17-6-5-7-21(23-17)29-19-12-15-24(16-19)22(26)18-8-10-20(11-9-18)30(27,28)25-13-3-2-4-14-25/h5-11,19H,2-4,12-16H2,1H3. The normalized spacial score (nSPS) is 20.3. The van der Waals surface area contributed by atoms with E-state index < -0.39 is 10.0 Å². The van der Waals surface area contributed by atoms with E-state index in [1.54, 1.807) is 17.0 Å². The quantitative estimate of drug-likeness (QED) is 0.730. The van der Waals surface area contributed by atoms with Crippen molar-refractivity contribution < 1.29 is 17.9 Å². The molecular weight excluding hydrogens is 402 g/mol. The van der Waals surface area contributed by atoms with Crippen molar-refractivity contribution in [2.45, 2.75) is 43.6 Å². The zero-order chi connectivity index (χ0) is 21.1. The zero-order valence-electron chi connectivity index (χ0n) is 17.2. The number of carbonyl (C=O) groups is 1. The van der Waals surface area contributed by atoms with E-state index in [0.717, 1.165) is 31.4 Å². The summed E-state index contributed by atoms with van der Waals surface area (Å²) in [6.07, 6.45) is 3.50. The maximum Gasteiger partial charge on any atom is 0.253 e. The third-order valence-electron chi connectivity index (χ3n) is 5.64. The molecule has 4 rings (SSSR count). The summed E-state index contributed by atoms with van der Waals surface area (Å²) in [5.41, 5.74) is 1.37. The fourth-order valence-electron chi connectivity index (χ4n) is 3.97. The van der Waals surface area contributed by atoms with Gasteiger partial charge in [-0.15, -0.1) is 0 Å². The molecule has 1 aromatic heterocycles. The minimum Gasteiger partial charge on any atom is -0.472 e. The molecule has 1 unspecified atom stereocenters. The van der Waals surface area contributed by atoms with Gasteiger partial charge in [-0.05, 0) is 50.1 Å². The Morgan fingerprint density at radius 3 is 2.47 bits per heavy atom. The van der Waals surface area contributed by atoms with E-state index in [2.05, 4.69) is 4.98 Å². The molecule has 2 saturated heterocycles. The Labute approximate surface area is 177 Å². The number of pyridine rings is 1. The predicted molar refractivity (Wildman–Crippen MR) is 113 cm³/mol. The second-order valence-corrected chi connectivity index (χ2v) is 9.82. The predicted octanol–water partition coefficient (Wildman–Crippen LogP) is 2.86. The van der Waals surface area contributed by atoms with E-state index in [0.29, 0.717) is 37.6 Å².